The van der Waals surface area contributed by atoms with Crippen LogP contribution in [0.15, 0.2) is 60.8 Å². The number of aliphatic hydroxyl groups excluding tert-OH is 1. The SMILES string of the molecule is OC1CCC(Nc2ncc3nc(Nc4ccccc4F)n(-c4ccccc4)c3n2)CC1. The first-order chi connectivity index (χ1) is 15.2. The van der Waals surface area contributed by atoms with E-state index in [2.05, 4.69) is 20.6 Å². The maximum absolute atomic E-state index is 14.3. The van der Waals surface area contributed by atoms with Gasteiger partial charge in [0.2, 0.25) is 11.9 Å². The normalized spacial score (nSPS) is 18.8. The Kier molecular flexibility index (Phi) is 5.21. The Bertz CT molecular complexity index is 1190. The highest BCUT2D eigenvalue weighted by atomic mass is 19.1. The maximum atomic E-state index is 14.3. The van der Waals surface area contributed by atoms with Crippen LogP contribution in [0.1, 0.15) is 25.7 Å². The lowest BCUT2D eigenvalue weighted by atomic mass is 9.93. The number of halogens is 1. The van der Waals surface area contributed by atoms with Gasteiger partial charge in [0.1, 0.15) is 11.3 Å². The highest BCUT2D eigenvalue weighted by Gasteiger charge is 2.21. The lowest BCUT2D eigenvalue weighted by Gasteiger charge is -2.26. The molecule has 2 aromatic heterocycles. The van der Waals surface area contributed by atoms with E-state index >= 15 is 0 Å². The molecule has 0 bridgehead atoms. The monoisotopic (exact) mass is 418 g/mol. The third kappa shape index (κ3) is 4.06. The molecule has 158 valence electrons. The first-order valence-corrected chi connectivity index (χ1v) is 10.4. The molecule has 1 saturated carbocycles. The molecule has 2 heterocycles. The Morgan fingerprint density at radius 2 is 1.68 bits per heavy atom. The van der Waals surface area contributed by atoms with E-state index < -0.39 is 0 Å². The summed E-state index contributed by atoms with van der Waals surface area (Å²) in [5.74, 6) is 0.615. The van der Waals surface area contributed by atoms with Crippen LogP contribution >= 0.6 is 0 Å². The second-order valence-corrected chi connectivity index (χ2v) is 7.76. The van der Waals surface area contributed by atoms with Crippen molar-refractivity contribution in [3.8, 4) is 5.69 Å². The van der Waals surface area contributed by atoms with Crippen molar-refractivity contribution in [2.75, 3.05) is 10.6 Å². The van der Waals surface area contributed by atoms with Gasteiger partial charge in [-0.3, -0.25) is 4.57 Å². The molecule has 0 atom stereocenters. The van der Waals surface area contributed by atoms with Gasteiger partial charge in [-0.05, 0) is 49.9 Å². The smallest absolute Gasteiger partial charge is 0.224 e. The predicted molar refractivity (Wildman–Crippen MR) is 118 cm³/mol. The average molecular weight is 418 g/mol. The van der Waals surface area contributed by atoms with Crippen molar-refractivity contribution >= 4 is 28.7 Å². The molecule has 0 aliphatic heterocycles. The van der Waals surface area contributed by atoms with Crippen LogP contribution in [0, 0.1) is 5.82 Å². The van der Waals surface area contributed by atoms with Gasteiger partial charge in [0.15, 0.2) is 5.65 Å². The molecule has 2 aromatic carbocycles. The van der Waals surface area contributed by atoms with Gasteiger partial charge in [-0.2, -0.15) is 4.98 Å². The van der Waals surface area contributed by atoms with Crippen molar-refractivity contribution in [1.29, 1.82) is 0 Å². The number of nitrogens with one attached hydrogen (secondary N) is 2. The fourth-order valence-corrected chi connectivity index (χ4v) is 3.94. The molecular formula is C23H23FN6O. The summed E-state index contributed by atoms with van der Waals surface area (Å²) in [6.45, 7) is 0. The van der Waals surface area contributed by atoms with E-state index in [4.69, 9.17) is 4.98 Å². The summed E-state index contributed by atoms with van der Waals surface area (Å²) in [5, 5.41) is 16.2. The Balaban J connectivity index is 1.54. The van der Waals surface area contributed by atoms with Crippen LogP contribution in [0.5, 0.6) is 0 Å². The number of nitrogens with zero attached hydrogens (tertiary/aromatic N) is 4. The first kappa shape index (κ1) is 19.4. The van der Waals surface area contributed by atoms with Gasteiger partial charge in [0, 0.05) is 6.04 Å². The minimum atomic E-state index is -0.359. The number of benzene rings is 2. The maximum Gasteiger partial charge on any atom is 0.224 e. The van der Waals surface area contributed by atoms with Crippen LogP contribution in [0.3, 0.4) is 0 Å². The molecular weight excluding hydrogens is 395 g/mol. The zero-order valence-electron chi connectivity index (χ0n) is 16.9. The zero-order chi connectivity index (χ0) is 21.2. The van der Waals surface area contributed by atoms with Gasteiger partial charge in [0.25, 0.3) is 0 Å². The average Bonchev–Trinajstić information content (AvgIpc) is 3.15. The summed E-state index contributed by atoms with van der Waals surface area (Å²) in [6, 6.07) is 16.4. The number of fused-ring (bicyclic) bond motifs is 1. The molecule has 5 rings (SSSR count). The summed E-state index contributed by atoms with van der Waals surface area (Å²) in [7, 11) is 0. The Hall–Kier alpha value is -3.52. The number of aromatic nitrogens is 4. The predicted octanol–water partition coefficient (Wildman–Crippen LogP) is 4.41. The van der Waals surface area contributed by atoms with E-state index in [1.165, 1.54) is 6.07 Å². The Morgan fingerprint density at radius 3 is 2.45 bits per heavy atom. The summed E-state index contributed by atoms with van der Waals surface area (Å²) in [6.07, 6.45) is 4.76. The van der Waals surface area contributed by atoms with Crippen LogP contribution in [0.4, 0.5) is 22.0 Å². The molecule has 0 amide bonds. The Labute approximate surface area is 179 Å². The molecule has 0 saturated heterocycles. The van der Waals surface area contributed by atoms with E-state index in [1.54, 1.807) is 24.4 Å². The minimum absolute atomic E-state index is 0.215. The van der Waals surface area contributed by atoms with E-state index in [0.29, 0.717) is 28.7 Å². The molecule has 1 aliphatic carbocycles. The molecule has 4 aromatic rings. The standard InChI is InChI=1S/C23H23FN6O/c24-18-8-4-5-9-19(18)27-23-28-20-14-25-22(26-15-10-12-17(31)13-11-15)29-21(20)30(23)16-6-2-1-3-7-16/h1-9,14-15,17,31H,10-13H2,(H,27,28)(H,25,26,29). The molecule has 0 unspecified atom stereocenters. The van der Waals surface area contributed by atoms with Crippen LogP contribution in [-0.2, 0) is 0 Å². The molecule has 0 spiro atoms. The van der Waals surface area contributed by atoms with Gasteiger partial charge in [-0.1, -0.05) is 30.3 Å². The number of aliphatic hydroxyl groups is 1. The third-order valence-electron chi connectivity index (χ3n) is 5.56. The highest BCUT2D eigenvalue weighted by Crippen LogP contribution is 2.28. The third-order valence-corrected chi connectivity index (χ3v) is 5.56. The molecule has 3 N–H and O–H groups in total. The van der Waals surface area contributed by atoms with Crippen LogP contribution in [0.2, 0.25) is 0 Å². The molecule has 31 heavy (non-hydrogen) atoms. The summed E-state index contributed by atoms with van der Waals surface area (Å²) in [4.78, 5) is 13.8. The molecule has 0 radical (unpaired) electrons. The number of imidazole rings is 1. The molecule has 7 nitrogen and oxygen atoms in total. The highest BCUT2D eigenvalue weighted by molar-refractivity contribution is 5.79. The fourth-order valence-electron chi connectivity index (χ4n) is 3.94. The fraction of sp³-hybridized carbons (Fsp3) is 0.261. The van der Waals surface area contributed by atoms with E-state index in [9.17, 15) is 9.50 Å². The second-order valence-electron chi connectivity index (χ2n) is 7.76. The molecule has 1 fully saturated rings. The van der Waals surface area contributed by atoms with E-state index in [-0.39, 0.29) is 18.0 Å². The van der Waals surface area contributed by atoms with E-state index in [0.717, 1.165) is 31.4 Å². The lowest BCUT2D eigenvalue weighted by Crippen LogP contribution is -2.28. The number of para-hydroxylation sites is 2. The van der Waals surface area contributed by atoms with Crippen LogP contribution in [-0.4, -0.2) is 36.8 Å². The molecule has 8 heteroatoms. The minimum Gasteiger partial charge on any atom is -0.393 e. The summed E-state index contributed by atoms with van der Waals surface area (Å²) >= 11 is 0. The first-order valence-electron chi connectivity index (χ1n) is 10.4. The van der Waals surface area contributed by atoms with Crippen LogP contribution in [0.25, 0.3) is 16.9 Å². The topological polar surface area (TPSA) is 87.9 Å². The van der Waals surface area contributed by atoms with Crippen molar-refractivity contribution in [1.82, 2.24) is 19.5 Å². The number of hydrogen-bond donors (Lipinski definition) is 3. The van der Waals surface area contributed by atoms with Gasteiger partial charge in [0.05, 0.1) is 23.7 Å². The second kappa shape index (κ2) is 8.31. The van der Waals surface area contributed by atoms with Gasteiger partial charge < -0.3 is 15.7 Å². The van der Waals surface area contributed by atoms with Crippen molar-refractivity contribution in [2.45, 2.75) is 37.8 Å². The lowest BCUT2D eigenvalue weighted by molar-refractivity contribution is 0.126. The van der Waals surface area contributed by atoms with E-state index in [1.807, 2.05) is 34.9 Å². The molecule has 1 aliphatic rings. The van der Waals surface area contributed by atoms with Gasteiger partial charge >= 0.3 is 0 Å². The van der Waals surface area contributed by atoms with Crippen molar-refractivity contribution in [3.63, 3.8) is 0 Å². The quantitative estimate of drug-likeness (QED) is 0.445. The van der Waals surface area contributed by atoms with Gasteiger partial charge in [-0.25, -0.2) is 14.4 Å². The summed E-state index contributed by atoms with van der Waals surface area (Å²) < 4.78 is 16.1. The van der Waals surface area contributed by atoms with Crippen molar-refractivity contribution < 1.29 is 9.50 Å². The van der Waals surface area contributed by atoms with Crippen molar-refractivity contribution in [3.05, 3.63) is 66.6 Å². The Morgan fingerprint density at radius 1 is 0.935 bits per heavy atom. The van der Waals surface area contributed by atoms with Gasteiger partial charge in [-0.15, -0.1) is 0 Å². The number of hydrogen-bond acceptors (Lipinski definition) is 6. The zero-order valence-corrected chi connectivity index (χ0v) is 16.9. The van der Waals surface area contributed by atoms with Crippen LogP contribution < -0.4 is 10.6 Å². The number of rotatable bonds is 5. The summed E-state index contributed by atoms with van der Waals surface area (Å²) in [5.41, 5.74) is 2.42. The largest absolute Gasteiger partial charge is 0.393 e. The van der Waals surface area contributed by atoms with Crippen molar-refractivity contribution in [2.24, 2.45) is 0 Å². The number of anilines is 3.